The van der Waals surface area contributed by atoms with Crippen LogP contribution < -0.4 is 9.80 Å². The van der Waals surface area contributed by atoms with Gasteiger partial charge in [-0.1, -0.05) is 0 Å². The Kier molecular flexibility index (Phi) is 17.5. The van der Waals surface area contributed by atoms with Crippen LogP contribution in [0.2, 0.25) is 0 Å². The van der Waals surface area contributed by atoms with E-state index in [1.54, 1.807) is 0 Å². The number of rotatable bonds is 9. The second kappa shape index (κ2) is 20.6. The predicted octanol–water partition coefficient (Wildman–Crippen LogP) is 12.0. The molecule has 6 rings (SSSR count). The summed E-state index contributed by atoms with van der Waals surface area (Å²) in [5.74, 6) is 0. The SMILES string of the molecule is CC(C)OP(OC(C)C)OC(C)C.Cc1cc(C)c(N2CCN(c3c(C)cc(C)cc3C)[C]2=[Ru]=[C]2C=C(c3ccccc3)c3ccccc32)c(C)c1.Cl.Cl. The fourth-order valence-corrected chi connectivity index (χ4v) is 10.9. The smallest absolute Gasteiger partial charge is 0.147 e. The van der Waals surface area contributed by atoms with Gasteiger partial charge in [0.15, 0.2) is 0 Å². The van der Waals surface area contributed by atoms with Gasteiger partial charge in [-0.05, 0) is 41.5 Å². The molecule has 54 heavy (non-hydrogen) atoms. The Labute approximate surface area is 346 Å². The Bertz CT molecular complexity index is 1850. The molecule has 2 aliphatic rings. The zero-order valence-electron chi connectivity index (χ0n) is 34.0. The Balaban J connectivity index is 0.000000452. The van der Waals surface area contributed by atoms with E-state index in [2.05, 4.69) is 136 Å². The van der Waals surface area contributed by atoms with Gasteiger partial charge in [0, 0.05) is 0 Å². The molecule has 4 aromatic rings. The number of anilines is 2. The van der Waals surface area contributed by atoms with Crippen LogP contribution in [0.15, 0.2) is 84.9 Å². The number of fused-ring (bicyclic) bond motifs is 1. The maximum absolute atomic E-state index is 5.49. The van der Waals surface area contributed by atoms with Gasteiger partial charge in [0.2, 0.25) is 0 Å². The number of aryl methyl sites for hydroxylation is 6. The third-order valence-electron chi connectivity index (χ3n) is 8.68. The van der Waals surface area contributed by atoms with Crippen molar-refractivity contribution in [3.8, 4) is 0 Å². The summed E-state index contributed by atoms with van der Waals surface area (Å²) in [4.78, 5) is 5.29. The average Bonchev–Trinajstić information content (AvgIpc) is 3.62. The molecule has 0 unspecified atom stereocenters. The Morgan fingerprint density at radius 3 is 1.35 bits per heavy atom. The first-order valence-electron chi connectivity index (χ1n) is 18.5. The monoisotopic (exact) mass is 878 g/mol. The number of halogens is 2. The third-order valence-corrected chi connectivity index (χ3v) is 13.0. The molecule has 1 saturated heterocycles. The molecule has 4 aromatic carbocycles. The minimum Gasteiger partial charge on any atom is -0.147 e. The van der Waals surface area contributed by atoms with Crippen molar-refractivity contribution in [3.05, 3.63) is 135 Å². The minimum atomic E-state index is -1.18. The topological polar surface area (TPSA) is 34.2 Å². The normalized spacial score (nSPS) is 13.7. The second-order valence-electron chi connectivity index (χ2n) is 14.6. The van der Waals surface area contributed by atoms with Gasteiger partial charge in [0.05, 0.1) is 18.3 Å². The summed E-state index contributed by atoms with van der Waals surface area (Å²) in [6, 6.07) is 29.2. The molecule has 0 bridgehead atoms. The quantitative estimate of drug-likeness (QED) is 0.124. The van der Waals surface area contributed by atoms with Crippen LogP contribution in [0, 0.1) is 41.5 Å². The van der Waals surface area contributed by atoms with Gasteiger partial charge in [-0.15, -0.1) is 24.8 Å². The molecular formula is C45H59Cl2N2O3PRu. The standard InChI is InChI=1S/C21H26N2.C15H10.C9H21O3P.2ClH.Ru/c1-14-9-16(3)20(17(4)10-14)22-7-8-23(13-22)21-18(5)11-15(2)12-19(21)6;1-2-6-12(7-3-1)15-11-10-13-8-4-5-9-14(13)15;1-7(2)10-13(11-8(3)4)12-9(5)6;;;/h9-12H,7-8H2,1-6H3;1-9,11H;7-9H,1-6H3;2*1H;. The molecule has 5 nitrogen and oxygen atoms in total. The van der Waals surface area contributed by atoms with Crippen molar-refractivity contribution in [2.75, 3.05) is 22.9 Å². The van der Waals surface area contributed by atoms with Crippen molar-refractivity contribution >= 4 is 58.8 Å². The molecule has 0 amide bonds. The van der Waals surface area contributed by atoms with Crippen LogP contribution in [0.5, 0.6) is 0 Å². The van der Waals surface area contributed by atoms with Crippen LogP contribution in [-0.2, 0) is 29.8 Å². The van der Waals surface area contributed by atoms with Gasteiger partial charge in [0.1, 0.15) is 0 Å². The van der Waals surface area contributed by atoms with Gasteiger partial charge >= 0.3 is 250 Å². The predicted molar refractivity (Wildman–Crippen MR) is 235 cm³/mol. The number of hydrogen-bond donors (Lipinski definition) is 0. The second-order valence-corrected chi connectivity index (χ2v) is 17.9. The van der Waals surface area contributed by atoms with Crippen LogP contribution in [0.3, 0.4) is 0 Å². The molecule has 0 spiro atoms. The van der Waals surface area contributed by atoms with Crippen molar-refractivity contribution in [1.82, 2.24) is 0 Å². The van der Waals surface area contributed by atoms with E-state index in [1.165, 1.54) is 75.5 Å². The maximum Gasteiger partial charge on any atom is -0.147 e. The summed E-state index contributed by atoms with van der Waals surface area (Å²) in [7, 11) is -1.18. The maximum atomic E-state index is 5.49. The van der Waals surface area contributed by atoms with Gasteiger partial charge in [-0.25, -0.2) is 0 Å². The van der Waals surface area contributed by atoms with Gasteiger partial charge in [-0.3, -0.25) is 0 Å². The van der Waals surface area contributed by atoms with E-state index in [9.17, 15) is 0 Å². The van der Waals surface area contributed by atoms with E-state index < -0.39 is 8.60 Å². The Morgan fingerprint density at radius 2 is 0.944 bits per heavy atom. The summed E-state index contributed by atoms with van der Waals surface area (Å²) in [5, 5.41) is 0. The Hall–Kier alpha value is -2.53. The fourth-order valence-electron chi connectivity index (χ4n) is 7.02. The van der Waals surface area contributed by atoms with E-state index in [0.29, 0.717) is 0 Å². The largest absolute Gasteiger partial charge is 0.147 e. The first-order chi connectivity index (χ1) is 24.7. The average molecular weight is 879 g/mol. The van der Waals surface area contributed by atoms with E-state index in [4.69, 9.17) is 13.6 Å². The van der Waals surface area contributed by atoms with Gasteiger partial charge in [-0.2, -0.15) is 0 Å². The van der Waals surface area contributed by atoms with Crippen LogP contribution in [0.25, 0.3) is 5.57 Å². The first kappa shape index (κ1) is 45.9. The van der Waals surface area contributed by atoms with E-state index in [0.717, 1.165) is 13.1 Å². The first-order valence-corrected chi connectivity index (χ1v) is 21.3. The molecule has 1 aliphatic heterocycles. The molecule has 0 N–H and O–H groups in total. The molecule has 0 atom stereocenters. The van der Waals surface area contributed by atoms with E-state index >= 15 is 0 Å². The number of allylic oxidation sites excluding steroid dienone is 1. The summed E-state index contributed by atoms with van der Waals surface area (Å²) < 4.78 is 19.4. The minimum absolute atomic E-state index is 0. The molecule has 294 valence electrons. The summed E-state index contributed by atoms with van der Waals surface area (Å²) in [6.07, 6.45) is 2.90. The van der Waals surface area contributed by atoms with Crippen LogP contribution >= 0.6 is 33.4 Å². The van der Waals surface area contributed by atoms with Crippen molar-refractivity contribution in [2.45, 2.75) is 101 Å². The van der Waals surface area contributed by atoms with E-state index in [-0.39, 0.29) is 59.3 Å². The number of nitrogens with zero attached hydrogens (tertiary/aromatic N) is 2. The molecule has 0 aromatic heterocycles. The van der Waals surface area contributed by atoms with Crippen molar-refractivity contribution < 1.29 is 29.8 Å². The molecular weight excluding hydrogens is 819 g/mol. The third kappa shape index (κ3) is 11.3. The number of hydrogen-bond acceptors (Lipinski definition) is 5. The molecule has 1 aliphatic carbocycles. The fraction of sp³-hybridized carbons (Fsp3) is 0.378. The molecule has 0 radical (unpaired) electrons. The van der Waals surface area contributed by atoms with Gasteiger partial charge in [0.25, 0.3) is 0 Å². The number of benzene rings is 4. The van der Waals surface area contributed by atoms with E-state index in [1.807, 2.05) is 41.5 Å². The van der Waals surface area contributed by atoms with Crippen molar-refractivity contribution in [3.63, 3.8) is 0 Å². The molecule has 0 saturated carbocycles. The molecule has 1 heterocycles. The zero-order chi connectivity index (χ0) is 37.7. The zero-order valence-corrected chi connectivity index (χ0v) is 38.2. The van der Waals surface area contributed by atoms with Gasteiger partial charge < -0.3 is 13.6 Å². The van der Waals surface area contributed by atoms with Crippen LogP contribution in [-0.4, -0.2) is 39.9 Å². The van der Waals surface area contributed by atoms with Crippen LogP contribution in [0.4, 0.5) is 11.4 Å². The summed E-state index contributed by atoms with van der Waals surface area (Å²) >= 11 is -0.233. The van der Waals surface area contributed by atoms with Crippen molar-refractivity contribution in [2.24, 2.45) is 0 Å². The molecule has 1 fully saturated rings. The Morgan fingerprint density at radius 1 is 0.556 bits per heavy atom. The summed E-state index contributed by atoms with van der Waals surface area (Å²) in [6.45, 7) is 27.4. The molecule has 9 heteroatoms. The summed E-state index contributed by atoms with van der Waals surface area (Å²) in [5.41, 5.74) is 16.3. The van der Waals surface area contributed by atoms with Crippen LogP contribution in [0.1, 0.15) is 91.6 Å². The van der Waals surface area contributed by atoms with Crippen molar-refractivity contribution in [1.29, 1.82) is 0 Å².